The monoisotopic (exact) mass is 362 g/mol. The standard InChI is InChI=1S/C12H14N2O5S3/c1-3-19-10-5-4-9(2)6-11(10)21(15,16)14-22(17,18)12-7-20-8-13-12/h4-8,14H,3H2,1-2H3. The Morgan fingerprint density at radius 2 is 1.95 bits per heavy atom. The van der Waals surface area contributed by atoms with Gasteiger partial charge in [-0.15, -0.1) is 11.3 Å². The quantitative estimate of drug-likeness (QED) is 0.836. The maximum absolute atomic E-state index is 12.4. The summed E-state index contributed by atoms with van der Waals surface area (Å²) in [7, 11) is -8.58. The Balaban J connectivity index is 2.45. The number of sulfonamides is 2. The van der Waals surface area contributed by atoms with E-state index in [0.29, 0.717) is 5.56 Å². The van der Waals surface area contributed by atoms with Crippen LogP contribution in [-0.4, -0.2) is 28.4 Å². The molecule has 0 atom stereocenters. The first-order chi connectivity index (χ1) is 10.3. The zero-order valence-corrected chi connectivity index (χ0v) is 14.3. The lowest BCUT2D eigenvalue weighted by atomic mass is 10.2. The highest BCUT2D eigenvalue weighted by molar-refractivity contribution is 8.04. The first kappa shape index (κ1) is 16.9. The second-order valence-corrected chi connectivity index (χ2v) is 8.56. The fourth-order valence-electron chi connectivity index (χ4n) is 1.67. The molecule has 0 aliphatic rings. The number of hydrogen-bond donors (Lipinski definition) is 1. The van der Waals surface area contributed by atoms with Crippen LogP contribution in [0, 0.1) is 6.92 Å². The first-order valence-electron chi connectivity index (χ1n) is 6.16. The Bertz CT molecular complexity index is 858. The van der Waals surface area contributed by atoms with Crippen LogP contribution in [0.3, 0.4) is 0 Å². The smallest absolute Gasteiger partial charge is 0.272 e. The lowest BCUT2D eigenvalue weighted by molar-refractivity contribution is 0.331. The van der Waals surface area contributed by atoms with Gasteiger partial charge < -0.3 is 4.74 Å². The SMILES string of the molecule is CCOc1ccc(C)cc1S(=O)(=O)NS(=O)(=O)c1cscn1. The minimum Gasteiger partial charge on any atom is -0.492 e. The van der Waals surface area contributed by atoms with Crippen LogP contribution in [0.1, 0.15) is 12.5 Å². The number of hydrogen-bond acceptors (Lipinski definition) is 7. The van der Waals surface area contributed by atoms with Crippen molar-refractivity contribution in [1.29, 1.82) is 0 Å². The summed E-state index contributed by atoms with van der Waals surface area (Å²) in [5, 5.41) is 0.907. The number of benzene rings is 1. The van der Waals surface area contributed by atoms with Crippen LogP contribution in [0.25, 0.3) is 0 Å². The Hall–Kier alpha value is -1.49. The third kappa shape index (κ3) is 3.64. The van der Waals surface area contributed by atoms with E-state index in [1.54, 1.807) is 24.0 Å². The van der Waals surface area contributed by atoms with Crippen molar-refractivity contribution in [2.75, 3.05) is 6.61 Å². The molecular weight excluding hydrogens is 348 g/mol. The van der Waals surface area contributed by atoms with Gasteiger partial charge in [0, 0.05) is 5.38 Å². The molecule has 0 amide bonds. The molecule has 10 heteroatoms. The predicted octanol–water partition coefficient (Wildman–Crippen LogP) is 1.52. The molecule has 0 aliphatic heterocycles. The number of nitrogens with zero attached hydrogens (tertiary/aromatic N) is 1. The highest BCUT2D eigenvalue weighted by Gasteiger charge is 2.28. The molecule has 2 aromatic rings. The number of aryl methyl sites for hydroxylation is 1. The van der Waals surface area contributed by atoms with E-state index in [4.69, 9.17) is 4.74 Å². The molecule has 7 nitrogen and oxygen atoms in total. The van der Waals surface area contributed by atoms with E-state index in [2.05, 4.69) is 4.98 Å². The summed E-state index contributed by atoms with van der Waals surface area (Å²) in [5.41, 5.74) is 1.97. The van der Waals surface area contributed by atoms with Gasteiger partial charge in [-0.3, -0.25) is 0 Å². The number of aromatic nitrogens is 1. The molecular formula is C12H14N2O5S3. The van der Waals surface area contributed by atoms with Crippen molar-refractivity contribution < 1.29 is 21.6 Å². The van der Waals surface area contributed by atoms with Crippen LogP contribution in [0.4, 0.5) is 0 Å². The molecule has 1 N–H and O–H groups in total. The van der Waals surface area contributed by atoms with Gasteiger partial charge in [0.15, 0.2) is 5.03 Å². The summed E-state index contributed by atoms with van der Waals surface area (Å²) in [4.78, 5) is 3.39. The van der Waals surface area contributed by atoms with E-state index in [1.165, 1.54) is 23.0 Å². The Labute approximate surface area is 133 Å². The van der Waals surface area contributed by atoms with Gasteiger partial charge in [0.1, 0.15) is 10.6 Å². The summed E-state index contributed by atoms with van der Waals surface area (Å²) in [6.45, 7) is 3.66. The van der Waals surface area contributed by atoms with Crippen molar-refractivity contribution in [3.05, 3.63) is 34.7 Å². The van der Waals surface area contributed by atoms with Gasteiger partial charge in [-0.05, 0) is 31.5 Å². The topological polar surface area (TPSA) is 102 Å². The number of nitrogens with one attached hydrogen (secondary N) is 1. The normalized spacial score (nSPS) is 12.3. The Morgan fingerprint density at radius 1 is 1.23 bits per heavy atom. The van der Waals surface area contributed by atoms with Crippen LogP contribution < -0.4 is 8.86 Å². The summed E-state index contributed by atoms with van der Waals surface area (Å²) in [6, 6.07) is 4.52. The van der Waals surface area contributed by atoms with Crippen LogP contribution in [-0.2, 0) is 20.0 Å². The average molecular weight is 362 g/mol. The largest absolute Gasteiger partial charge is 0.492 e. The lowest BCUT2D eigenvalue weighted by Crippen LogP contribution is -2.31. The van der Waals surface area contributed by atoms with Gasteiger partial charge in [0.05, 0.1) is 12.1 Å². The third-order valence-corrected chi connectivity index (χ3v) is 6.76. The van der Waals surface area contributed by atoms with Crippen molar-refractivity contribution >= 4 is 31.4 Å². The molecule has 0 bridgehead atoms. The molecule has 0 spiro atoms. The average Bonchev–Trinajstić information content (AvgIpc) is 2.94. The van der Waals surface area contributed by atoms with Crippen LogP contribution in [0.15, 0.2) is 39.0 Å². The zero-order chi connectivity index (χ0) is 16.4. The molecule has 0 fully saturated rings. The fourth-order valence-corrected chi connectivity index (χ4v) is 5.60. The molecule has 2 rings (SSSR count). The molecule has 120 valence electrons. The molecule has 0 radical (unpaired) electrons. The molecule has 22 heavy (non-hydrogen) atoms. The minimum atomic E-state index is -4.32. The van der Waals surface area contributed by atoms with E-state index in [1.807, 2.05) is 0 Å². The van der Waals surface area contributed by atoms with Crippen molar-refractivity contribution in [3.8, 4) is 5.75 Å². The minimum absolute atomic E-state index is 0.0917. The number of thiazole rings is 1. The molecule has 1 aromatic carbocycles. The van der Waals surface area contributed by atoms with Gasteiger partial charge in [0.2, 0.25) is 0 Å². The molecule has 0 unspecified atom stereocenters. The maximum Gasteiger partial charge on any atom is 0.272 e. The zero-order valence-electron chi connectivity index (χ0n) is 11.8. The van der Waals surface area contributed by atoms with E-state index in [0.717, 1.165) is 11.3 Å². The van der Waals surface area contributed by atoms with Crippen molar-refractivity contribution in [2.45, 2.75) is 23.8 Å². The summed E-state index contributed by atoms with van der Waals surface area (Å²) in [6.07, 6.45) is 0. The van der Waals surface area contributed by atoms with Crippen LogP contribution in [0.5, 0.6) is 5.75 Å². The molecule has 0 saturated heterocycles. The first-order valence-corrected chi connectivity index (χ1v) is 10.1. The van der Waals surface area contributed by atoms with E-state index >= 15 is 0 Å². The lowest BCUT2D eigenvalue weighted by Gasteiger charge is -2.12. The van der Waals surface area contributed by atoms with E-state index in [-0.39, 0.29) is 22.3 Å². The second kappa shape index (κ2) is 6.32. The molecule has 0 aliphatic carbocycles. The molecule has 1 aromatic heterocycles. The Morgan fingerprint density at radius 3 is 2.55 bits per heavy atom. The van der Waals surface area contributed by atoms with Crippen molar-refractivity contribution in [3.63, 3.8) is 0 Å². The van der Waals surface area contributed by atoms with E-state index < -0.39 is 20.0 Å². The fraction of sp³-hybridized carbons (Fsp3) is 0.250. The van der Waals surface area contributed by atoms with Gasteiger partial charge in [-0.25, -0.2) is 21.8 Å². The molecule has 0 saturated carbocycles. The van der Waals surface area contributed by atoms with Crippen molar-refractivity contribution in [2.24, 2.45) is 0 Å². The molecule has 1 heterocycles. The Kier molecular flexibility index (Phi) is 4.85. The summed E-state index contributed by atoms with van der Waals surface area (Å²) < 4.78 is 55.8. The maximum atomic E-state index is 12.4. The number of ether oxygens (including phenoxy) is 1. The van der Waals surface area contributed by atoms with Gasteiger partial charge in [0.25, 0.3) is 20.0 Å². The van der Waals surface area contributed by atoms with Crippen LogP contribution in [0.2, 0.25) is 0 Å². The van der Waals surface area contributed by atoms with Gasteiger partial charge in [-0.2, -0.15) is 0 Å². The summed E-state index contributed by atoms with van der Waals surface area (Å²) in [5.74, 6) is 0.0917. The van der Waals surface area contributed by atoms with Crippen LogP contribution >= 0.6 is 11.3 Å². The van der Waals surface area contributed by atoms with E-state index in [9.17, 15) is 16.8 Å². The van der Waals surface area contributed by atoms with Crippen molar-refractivity contribution in [1.82, 2.24) is 9.11 Å². The highest BCUT2D eigenvalue weighted by atomic mass is 32.3. The third-order valence-electron chi connectivity index (χ3n) is 2.59. The van der Waals surface area contributed by atoms with Gasteiger partial charge in [-0.1, -0.05) is 10.2 Å². The van der Waals surface area contributed by atoms with Gasteiger partial charge >= 0.3 is 0 Å². The second-order valence-electron chi connectivity index (χ2n) is 4.30. The summed E-state index contributed by atoms with van der Waals surface area (Å²) >= 11 is 1.05. The highest BCUT2D eigenvalue weighted by Crippen LogP contribution is 2.26. The predicted molar refractivity (Wildman–Crippen MR) is 82.0 cm³/mol. The number of rotatable bonds is 6.